The van der Waals surface area contributed by atoms with Crippen molar-refractivity contribution in [1.29, 1.82) is 0 Å². The van der Waals surface area contributed by atoms with Gasteiger partial charge in [0.2, 0.25) is 5.91 Å². The number of nitrogens with zero attached hydrogens (tertiary/aromatic N) is 1. The van der Waals surface area contributed by atoms with E-state index in [0.29, 0.717) is 35.2 Å². The van der Waals surface area contributed by atoms with E-state index < -0.39 is 11.5 Å². The van der Waals surface area contributed by atoms with Crippen LogP contribution < -0.4 is 15.7 Å². The molecule has 0 radical (unpaired) electrons. The molecule has 0 fully saturated rings. The van der Waals surface area contributed by atoms with Gasteiger partial charge in [0, 0.05) is 29.5 Å². The number of carbonyl (C=O) groups excluding carboxylic acids is 1. The number of carbonyl (C=O) groups is 1. The third-order valence-electron chi connectivity index (χ3n) is 6.57. The van der Waals surface area contributed by atoms with E-state index in [1.54, 1.807) is 25.1 Å². The normalized spacial score (nSPS) is 13.5. The Balaban J connectivity index is 1.61. The fourth-order valence-corrected chi connectivity index (χ4v) is 4.58. The predicted molar refractivity (Wildman–Crippen MR) is 138 cm³/mol. The lowest BCUT2D eigenvalue weighted by Crippen LogP contribution is -2.29. The molecule has 1 unspecified atom stereocenters. The van der Waals surface area contributed by atoms with Crippen molar-refractivity contribution in [3.8, 4) is 17.6 Å². The first-order valence-corrected chi connectivity index (χ1v) is 12.2. The number of amides is 1. The number of nitrogens with one attached hydrogen (secondary N) is 1. The van der Waals surface area contributed by atoms with Crippen molar-refractivity contribution >= 4 is 22.4 Å². The largest absolute Gasteiger partial charge is 0.493 e. The molecule has 35 heavy (non-hydrogen) atoms. The summed E-state index contributed by atoms with van der Waals surface area (Å²) in [5.74, 6) is 6.75. The molecule has 2 heterocycles. The first kappa shape index (κ1) is 24.5. The van der Waals surface area contributed by atoms with Crippen molar-refractivity contribution < 1.29 is 14.1 Å². The Kier molecular flexibility index (Phi) is 7.25. The maximum Gasteiger partial charge on any atom is 0.366 e. The predicted octanol–water partition coefficient (Wildman–Crippen LogP) is 5.55. The van der Waals surface area contributed by atoms with Gasteiger partial charge < -0.3 is 14.6 Å². The molecule has 6 heteroatoms. The van der Waals surface area contributed by atoms with Crippen LogP contribution in [0.2, 0.25) is 0 Å². The van der Waals surface area contributed by atoms with Crippen LogP contribution in [0.25, 0.3) is 10.8 Å². The maximum absolute atomic E-state index is 13.5. The third kappa shape index (κ3) is 5.40. The first-order chi connectivity index (χ1) is 16.8. The molecule has 0 bridgehead atoms. The number of hydrogen-bond acceptors (Lipinski definition) is 5. The third-order valence-corrected chi connectivity index (χ3v) is 6.57. The highest BCUT2D eigenvalue weighted by molar-refractivity contribution is 5.97. The number of rotatable bonds is 7. The van der Waals surface area contributed by atoms with Crippen LogP contribution in [0.4, 0.5) is 5.69 Å². The van der Waals surface area contributed by atoms with Gasteiger partial charge >= 0.3 is 5.63 Å². The molecule has 2 aromatic carbocycles. The van der Waals surface area contributed by atoms with Gasteiger partial charge in [-0.25, -0.2) is 4.79 Å². The second kappa shape index (κ2) is 10.4. The van der Waals surface area contributed by atoms with Gasteiger partial charge in [0.05, 0.1) is 17.7 Å². The van der Waals surface area contributed by atoms with Crippen LogP contribution in [0.1, 0.15) is 63.3 Å². The Morgan fingerprint density at radius 2 is 2.06 bits per heavy atom. The molecule has 3 aromatic rings. The fraction of sp³-hybridized carbons (Fsp3) is 0.414. The fourth-order valence-electron chi connectivity index (χ4n) is 4.58. The Hall–Kier alpha value is -3.59. The van der Waals surface area contributed by atoms with Gasteiger partial charge in [-0.15, -0.1) is 5.92 Å². The lowest BCUT2D eigenvalue weighted by molar-refractivity contribution is -0.118. The number of anilines is 1. The monoisotopic (exact) mass is 472 g/mol. The molecule has 1 aliphatic heterocycles. The number of aryl methyl sites for hydroxylation is 1. The summed E-state index contributed by atoms with van der Waals surface area (Å²) in [5, 5.41) is 7.90. The van der Waals surface area contributed by atoms with Crippen LogP contribution >= 0.6 is 0 Å². The minimum atomic E-state index is -0.505. The number of unbranched alkanes of at least 4 members (excludes halogenated alkanes) is 2. The molecule has 1 amide bonds. The zero-order valence-corrected chi connectivity index (χ0v) is 20.9. The summed E-state index contributed by atoms with van der Waals surface area (Å²) in [6, 6.07) is 11.4. The zero-order chi connectivity index (χ0) is 25.0. The summed E-state index contributed by atoms with van der Waals surface area (Å²) in [4.78, 5) is 25.4. The SMILES string of the molecule is CCCCC#CC(CC(C)(C)c1cccc2c1OCC2)C(=O)Nc1ccc2c(=O)onc(C)c2c1. The summed E-state index contributed by atoms with van der Waals surface area (Å²) in [7, 11) is 0. The van der Waals surface area contributed by atoms with Crippen molar-refractivity contribution in [2.45, 2.75) is 65.2 Å². The molecule has 182 valence electrons. The summed E-state index contributed by atoms with van der Waals surface area (Å²) < 4.78 is 10.8. The standard InChI is InChI=1S/C29H32N2O4/c1-5-6-7-8-10-21(18-29(3,4)25-12-9-11-20-15-16-34-26(20)25)27(32)30-22-13-14-23-24(17-22)19(2)31-35-28(23)33/h9,11-14,17,21H,5-7,15-16,18H2,1-4H3,(H,30,32). The van der Waals surface area contributed by atoms with Gasteiger partial charge in [-0.05, 0) is 48.9 Å². The average molecular weight is 473 g/mol. The van der Waals surface area contributed by atoms with E-state index in [2.05, 4.69) is 61.3 Å². The van der Waals surface area contributed by atoms with Gasteiger partial charge in [0.15, 0.2) is 0 Å². The van der Waals surface area contributed by atoms with Crippen molar-refractivity contribution in [1.82, 2.24) is 5.16 Å². The van der Waals surface area contributed by atoms with E-state index >= 15 is 0 Å². The second-order valence-electron chi connectivity index (χ2n) is 9.76. The van der Waals surface area contributed by atoms with Crippen LogP contribution in [0.3, 0.4) is 0 Å². The summed E-state index contributed by atoms with van der Waals surface area (Å²) >= 11 is 0. The molecule has 1 aromatic heterocycles. The molecular weight excluding hydrogens is 440 g/mol. The highest BCUT2D eigenvalue weighted by Crippen LogP contribution is 2.40. The molecule has 1 aliphatic rings. The second-order valence-corrected chi connectivity index (χ2v) is 9.76. The van der Waals surface area contributed by atoms with Crippen LogP contribution in [0, 0.1) is 24.7 Å². The van der Waals surface area contributed by atoms with E-state index in [0.717, 1.165) is 37.0 Å². The summed E-state index contributed by atoms with van der Waals surface area (Å²) in [5.41, 5.74) is 2.70. The Morgan fingerprint density at radius 1 is 1.23 bits per heavy atom. The molecule has 0 aliphatic carbocycles. The Labute approximate surface area is 206 Å². The van der Waals surface area contributed by atoms with Crippen molar-refractivity contribution in [3.05, 3.63) is 63.6 Å². The average Bonchev–Trinajstić information content (AvgIpc) is 3.32. The van der Waals surface area contributed by atoms with E-state index in [1.165, 1.54) is 5.56 Å². The molecule has 6 nitrogen and oxygen atoms in total. The van der Waals surface area contributed by atoms with Gasteiger partial charge in [0.25, 0.3) is 0 Å². The topological polar surface area (TPSA) is 81.4 Å². The van der Waals surface area contributed by atoms with E-state index in [1.807, 2.05) is 0 Å². The maximum atomic E-state index is 13.5. The zero-order valence-electron chi connectivity index (χ0n) is 20.9. The number of para-hydroxylation sites is 1. The number of aromatic nitrogens is 1. The molecule has 0 saturated heterocycles. The first-order valence-electron chi connectivity index (χ1n) is 12.2. The van der Waals surface area contributed by atoms with Crippen LogP contribution in [0.15, 0.2) is 45.7 Å². The van der Waals surface area contributed by atoms with Crippen LogP contribution in [-0.4, -0.2) is 17.7 Å². The van der Waals surface area contributed by atoms with Crippen molar-refractivity contribution in [2.75, 3.05) is 11.9 Å². The van der Waals surface area contributed by atoms with Gasteiger partial charge in [0.1, 0.15) is 11.7 Å². The molecule has 1 N–H and O–H groups in total. The molecule has 4 rings (SSSR count). The van der Waals surface area contributed by atoms with Crippen LogP contribution in [0.5, 0.6) is 5.75 Å². The Morgan fingerprint density at radius 3 is 2.86 bits per heavy atom. The van der Waals surface area contributed by atoms with Gasteiger partial charge in [-0.1, -0.05) is 56.5 Å². The van der Waals surface area contributed by atoms with Crippen molar-refractivity contribution in [2.24, 2.45) is 5.92 Å². The highest BCUT2D eigenvalue weighted by atomic mass is 16.5. The van der Waals surface area contributed by atoms with E-state index in [4.69, 9.17) is 9.26 Å². The lowest BCUT2D eigenvalue weighted by atomic mass is 9.76. The minimum Gasteiger partial charge on any atom is -0.493 e. The molecular formula is C29H32N2O4. The number of fused-ring (bicyclic) bond motifs is 2. The highest BCUT2D eigenvalue weighted by Gasteiger charge is 2.32. The number of hydrogen-bond donors (Lipinski definition) is 1. The van der Waals surface area contributed by atoms with E-state index in [9.17, 15) is 9.59 Å². The quantitative estimate of drug-likeness (QED) is 0.360. The van der Waals surface area contributed by atoms with E-state index in [-0.39, 0.29) is 11.3 Å². The summed E-state index contributed by atoms with van der Waals surface area (Å²) in [6.45, 7) is 8.87. The van der Waals surface area contributed by atoms with Crippen molar-refractivity contribution in [3.63, 3.8) is 0 Å². The minimum absolute atomic E-state index is 0.163. The molecule has 0 saturated carbocycles. The van der Waals surface area contributed by atoms with Gasteiger partial charge in [-0.2, -0.15) is 0 Å². The summed E-state index contributed by atoms with van der Waals surface area (Å²) in [6.07, 6.45) is 4.29. The molecule has 1 atom stereocenters. The van der Waals surface area contributed by atoms with Crippen LogP contribution in [-0.2, 0) is 16.6 Å². The lowest BCUT2D eigenvalue weighted by Gasteiger charge is -2.29. The Bertz CT molecular complexity index is 1360. The van der Waals surface area contributed by atoms with Gasteiger partial charge in [-0.3, -0.25) is 4.79 Å². The number of benzene rings is 2. The number of ether oxygens (including phenoxy) is 1. The smallest absolute Gasteiger partial charge is 0.366 e. The molecule has 0 spiro atoms.